The van der Waals surface area contributed by atoms with Gasteiger partial charge in [-0.15, -0.1) is 5.10 Å². The second-order valence-corrected chi connectivity index (χ2v) is 21.4. The number of Topliss-reactive ketones (excluding diaryl/α,β-unsaturated/α-hetero) is 1. The van der Waals surface area contributed by atoms with Crippen LogP contribution in [-0.4, -0.2) is 39.5 Å². The van der Waals surface area contributed by atoms with E-state index in [0.717, 1.165) is 104 Å². The van der Waals surface area contributed by atoms with Crippen LogP contribution < -0.4 is 9.47 Å². The number of aromatic nitrogens is 3. The minimum atomic E-state index is -0.250. The number of carbonyl (C=O) groups is 2. The van der Waals surface area contributed by atoms with E-state index in [9.17, 15) is 9.59 Å². The Labute approximate surface area is 399 Å². The minimum Gasteiger partial charge on any atom is -0.494 e. The third kappa shape index (κ3) is 11.8. The maximum atomic E-state index is 13.4. The molecular formula is C57H75N5O5. The smallest absolute Gasteiger partial charge is 0.338 e. The van der Waals surface area contributed by atoms with E-state index >= 15 is 0 Å². The van der Waals surface area contributed by atoms with Crippen molar-refractivity contribution in [3.8, 4) is 11.5 Å². The van der Waals surface area contributed by atoms with Gasteiger partial charge in [0.25, 0.3) is 0 Å². The van der Waals surface area contributed by atoms with E-state index in [4.69, 9.17) is 14.2 Å². The number of ketones is 1. The molecule has 0 saturated heterocycles. The maximum absolute atomic E-state index is 13.4. The second kappa shape index (κ2) is 21.9. The fraction of sp³-hybridized carbons (Fsp3) is 0.579. The summed E-state index contributed by atoms with van der Waals surface area (Å²) in [5.74, 6) is 6.19. The summed E-state index contributed by atoms with van der Waals surface area (Å²) in [5, 5.41) is 17.1. The summed E-state index contributed by atoms with van der Waals surface area (Å²) in [6.45, 7) is 15.8. The van der Waals surface area contributed by atoms with Crippen LogP contribution in [0.25, 0.3) is 0 Å². The van der Waals surface area contributed by atoms with Crippen LogP contribution in [0.2, 0.25) is 0 Å². The van der Waals surface area contributed by atoms with Gasteiger partial charge in [-0.25, -0.2) is 4.79 Å². The molecule has 10 heteroatoms. The zero-order chi connectivity index (χ0) is 47.0. The number of aryl methyl sites for hydroxylation is 1. The van der Waals surface area contributed by atoms with Crippen molar-refractivity contribution in [2.45, 2.75) is 157 Å². The first-order valence-corrected chi connectivity index (χ1v) is 25.7. The van der Waals surface area contributed by atoms with Crippen molar-refractivity contribution in [2.75, 3.05) is 6.61 Å². The van der Waals surface area contributed by atoms with Gasteiger partial charge in [0, 0.05) is 18.5 Å². The molecule has 4 aromatic rings. The van der Waals surface area contributed by atoms with E-state index in [0.29, 0.717) is 41.2 Å². The van der Waals surface area contributed by atoms with Crippen LogP contribution >= 0.6 is 0 Å². The molecule has 67 heavy (non-hydrogen) atoms. The van der Waals surface area contributed by atoms with Gasteiger partial charge in [0.05, 0.1) is 29.7 Å². The fourth-order valence-electron chi connectivity index (χ4n) is 12.7. The van der Waals surface area contributed by atoms with Gasteiger partial charge < -0.3 is 14.2 Å². The lowest BCUT2D eigenvalue weighted by molar-refractivity contribution is -0.0594. The number of fused-ring (bicyclic) bond motifs is 5. The third-order valence-corrected chi connectivity index (χ3v) is 16.5. The van der Waals surface area contributed by atoms with Gasteiger partial charge in [0.1, 0.15) is 29.9 Å². The topological polar surface area (TPSA) is 117 Å². The molecule has 4 aliphatic rings. The Morgan fingerprint density at radius 3 is 2.18 bits per heavy atom. The molecule has 0 N–H and O–H groups in total. The highest BCUT2D eigenvalue weighted by atomic mass is 16.5. The number of carbonyl (C=O) groups excluding carboxylic acids is 2. The highest BCUT2D eigenvalue weighted by Gasteiger charge is 2.59. The second-order valence-electron chi connectivity index (χ2n) is 21.4. The van der Waals surface area contributed by atoms with Gasteiger partial charge in [-0.1, -0.05) is 77.2 Å². The zero-order valence-electron chi connectivity index (χ0n) is 41.1. The molecule has 8 rings (SSSR count). The van der Waals surface area contributed by atoms with E-state index < -0.39 is 0 Å². The van der Waals surface area contributed by atoms with Crippen molar-refractivity contribution < 1.29 is 23.8 Å². The molecule has 0 amide bonds. The number of esters is 1. The molecule has 8 atom stereocenters. The molecule has 358 valence electrons. The van der Waals surface area contributed by atoms with Gasteiger partial charge in [-0.05, 0) is 190 Å². The number of benzene rings is 3. The van der Waals surface area contributed by atoms with Crippen LogP contribution in [0, 0.1) is 46.3 Å². The first kappa shape index (κ1) is 48.3. The lowest BCUT2D eigenvalue weighted by Crippen LogP contribution is -2.51. The van der Waals surface area contributed by atoms with Crippen LogP contribution in [-0.2, 0) is 17.9 Å². The van der Waals surface area contributed by atoms with Crippen LogP contribution in [0.1, 0.15) is 164 Å². The lowest BCUT2D eigenvalue weighted by Gasteiger charge is -2.58. The van der Waals surface area contributed by atoms with Crippen molar-refractivity contribution in [1.29, 1.82) is 0 Å². The molecule has 3 fully saturated rings. The average Bonchev–Trinajstić information content (AvgIpc) is 3.94. The summed E-state index contributed by atoms with van der Waals surface area (Å²) < 4.78 is 20.0. The van der Waals surface area contributed by atoms with Gasteiger partial charge in [0.2, 0.25) is 0 Å². The van der Waals surface area contributed by atoms with E-state index in [1.165, 1.54) is 51.4 Å². The normalized spacial score (nSPS) is 26.1. The summed E-state index contributed by atoms with van der Waals surface area (Å²) in [6.07, 6.45) is 22.4. The number of azo groups is 1. The standard InChI is InChI=1S/C57H75N5O5/c1-39(2)12-11-13-40(3)52-28-29-53-51-27-18-44-36-50(30-32-56(44,5)54(51)31-33-57(52,53)6)67-55(64)43-16-23-49(24-17-43)66-38-47-37-62(61-60-47)34-9-7-8-10-35-65-48-25-21-46(22-26-48)59-58-45-19-14-42(15-20-45)41(4)63/h14-26,37,39-40,50-54H,7-13,27-36,38H2,1-6H3/t40-,50?,51+,52-,53+,54+,56+,57-/m1/s1. The number of nitrogens with zero attached hydrogens (tertiary/aromatic N) is 5. The monoisotopic (exact) mass is 910 g/mol. The first-order valence-electron chi connectivity index (χ1n) is 25.7. The number of ether oxygens (including phenoxy) is 3. The molecule has 0 spiro atoms. The lowest BCUT2D eigenvalue weighted by atomic mass is 9.47. The van der Waals surface area contributed by atoms with E-state index in [-0.39, 0.29) is 23.3 Å². The van der Waals surface area contributed by atoms with E-state index in [2.05, 4.69) is 61.2 Å². The SMILES string of the molecule is CC(=O)c1ccc(N=Nc2ccc(OCCCCCCn3cc(COc4ccc(C(=O)OC5CC[C@@]6(C)C(=CC[C@H]7[C@@H]8CC[C@H]([C@H](C)CCCC(C)C)[C@@]8(C)CC[C@@H]76)C5)cc4)nn3)cc2)cc1. The van der Waals surface area contributed by atoms with Crippen molar-refractivity contribution in [1.82, 2.24) is 15.0 Å². The first-order chi connectivity index (χ1) is 32.4. The minimum absolute atomic E-state index is 0.0275. The van der Waals surface area contributed by atoms with Crippen molar-refractivity contribution in [3.05, 3.63) is 107 Å². The predicted octanol–water partition coefficient (Wildman–Crippen LogP) is 14.7. The van der Waals surface area contributed by atoms with Crippen molar-refractivity contribution >= 4 is 23.1 Å². The molecule has 0 aliphatic heterocycles. The molecule has 1 aromatic heterocycles. The summed E-state index contributed by atoms with van der Waals surface area (Å²) in [6, 6.07) is 21.9. The number of allylic oxidation sites excluding steroid dienone is 1. The Morgan fingerprint density at radius 2 is 1.45 bits per heavy atom. The summed E-state index contributed by atoms with van der Waals surface area (Å²) in [5.41, 5.74) is 5.68. The summed E-state index contributed by atoms with van der Waals surface area (Å²) >= 11 is 0. The molecule has 10 nitrogen and oxygen atoms in total. The maximum Gasteiger partial charge on any atom is 0.338 e. The molecule has 0 radical (unpaired) electrons. The molecular weight excluding hydrogens is 835 g/mol. The third-order valence-electron chi connectivity index (χ3n) is 16.5. The predicted molar refractivity (Wildman–Crippen MR) is 264 cm³/mol. The Bertz CT molecular complexity index is 2320. The van der Waals surface area contributed by atoms with Crippen LogP contribution in [0.4, 0.5) is 11.4 Å². The van der Waals surface area contributed by atoms with Crippen molar-refractivity contribution in [3.63, 3.8) is 0 Å². The van der Waals surface area contributed by atoms with Gasteiger partial charge >= 0.3 is 5.97 Å². The van der Waals surface area contributed by atoms with Gasteiger partial charge in [-0.2, -0.15) is 10.2 Å². The van der Waals surface area contributed by atoms with Crippen LogP contribution in [0.15, 0.2) is 101 Å². The molecule has 1 unspecified atom stereocenters. The summed E-state index contributed by atoms with van der Waals surface area (Å²) in [7, 11) is 0. The molecule has 1 heterocycles. The number of rotatable bonds is 21. The highest BCUT2D eigenvalue weighted by Crippen LogP contribution is 2.67. The Hall–Kier alpha value is -5.12. The fourth-order valence-corrected chi connectivity index (χ4v) is 12.7. The van der Waals surface area contributed by atoms with Crippen LogP contribution in [0.5, 0.6) is 11.5 Å². The average molecular weight is 910 g/mol. The zero-order valence-corrected chi connectivity index (χ0v) is 41.1. The molecule has 3 saturated carbocycles. The van der Waals surface area contributed by atoms with Gasteiger partial charge in [-0.3, -0.25) is 9.48 Å². The Kier molecular flexibility index (Phi) is 15.8. The highest BCUT2D eigenvalue weighted by molar-refractivity contribution is 5.94. The number of hydrogen-bond donors (Lipinski definition) is 0. The van der Waals surface area contributed by atoms with Crippen molar-refractivity contribution in [2.24, 2.45) is 56.6 Å². The quantitative estimate of drug-likeness (QED) is 0.0269. The Balaban J connectivity index is 0.709. The van der Waals surface area contributed by atoms with E-state index in [1.54, 1.807) is 48.9 Å². The van der Waals surface area contributed by atoms with E-state index in [1.807, 2.05) is 47.3 Å². The number of hydrogen-bond acceptors (Lipinski definition) is 9. The number of unbranched alkanes of at least 4 members (excludes halogenated alkanes) is 3. The molecule has 3 aromatic carbocycles. The largest absolute Gasteiger partial charge is 0.494 e. The summed E-state index contributed by atoms with van der Waals surface area (Å²) in [4.78, 5) is 24.9. The Morgan fingerprint density at radius 1 is 0.761 bits per heavy atom. The van der Waals surface area contributed by atoms with Gasteiger partial charge in [0.15, 0.2) is 5.78 Å². The molecule has 0 bridgehead atoms. The molecule has 4 aliphatic carbocycles. The van der Waals surface area contributed by atoms with Crippen LogP contribution in [0.3, 0.4) is 0 Å².